The van der Waals surface area contributed by atoms with E-state index in [2.05, 4.69) is 16.4 Å². The van der Waals surface area contributed by atoms with E-state index in [1.165, 1.54) is 24.3 Å². The second-order valence-electron chi connectivity index (χ2n) is 3.97. The number of rotatable bonds is 7. The Labute approximate surface area is 139 Å². The summed E-state index contributed by atoms with van der Waals surface area (Å²) in [7, 11) is -5.08. The zero-order chi connectivity index (χ0) is 18.3. The van der Waals surface area contributed by atoms with Crippen LogP contribution in [0.5, 0.6) is 5.75 Å². The molecule has 7 heteroatoms. The molecule has 0 aromatic heterocycles. The molecule has 0 aliphatic heterocycles. The van der Waals surface area contributed by atoms with Crippen LogP contribution in [-0.4, -0.2) is 20.9 Å². The maximum atomic E-state index is 12.3. The van der Waals surface area contributed by atoms with Gasteiger partial charge in [-0.25, -0.2) is 0 Å². The molecular formula is C16H28FNO4S. The van der Waals surface area contributed by atoms with E-state index in [1.807, 2.05) is 27.7 Å². The van der Waals surface area contributed by atoms with Gasteiger partial charge in [-0.15, -0.1) is 0 Å². The normalized spacial score (nSPS) is 9.65. The van der Waals surface area contributed by atoms with Gasteiger partial charge in [-0.2, -0.15) is 8.42 Å². The van der Waals surface area contributed by atoms with Crippen molar-refractivity contribution in [2.24, 2.45) is 0 Å². The molecule has 0 spiro atoms. The number of unbranched alkanes of at least 4 members (excludes halogenated alkanes) is 2. The van der Waals surface area contributed by atoms with Crippen LogP contribution in [0, 0.1) is 0 Å². The second-order valence-corrected chi connectivity index (χ2v) is 4.92. The lowest BCUT2D eigenvalue weighted by atomic mass is 10.2. The minimum atomic E-state index is -5.08. The fraction of sp³-hybridized carbons (Fsp3) is 0.562. The van der Waals surface area contributed by atoms with E-state index in [9.17, 15) is 17.1 Å². The fourth-order valence-corrected chi connectivity index (χ4v) is 1.82. The minimum Gasteiger partial charge on any atom is -0.358 e. The van der Waals surface area contributed by atoms with Gasteiger partial charge in [0.2, 0.25) is 0 Å². The van der Waals surface area contributed by atoms with Crippen molar-refractivity contribution in [2.75, 3.05) is 6.54 Å². The van der Waals surface area contributed by atoms with Crippen LogP contribution >= 0.6 is 0 Å². The summed E-state index contributed by atoms with van der Waals surface area (Å²) in [6.07, 6.45) is 2.94. The molecule has 1 aromatic rings. The van der Waals surface area contributed by atoms with Crippen molar-refractivity contribution in [1.29, 1.82) is 0 Å². The number of nitrogens with one attached hydrogen (secondary N) is 1. The summed E-state index contributed by atoms with van der Waals surface area (Å²) >= 11 is 0. The number of amides is 1. The molecule has 0 fully saturated rings. The topological polar surface area (TPSA) is 72.5 Å². The zero-order valence-electron chi connectivity index (χ0n) is 14.6. The Kier molecular flexibility index (Phi) is 14.4. The van der Waals surface area contributed by atoms with Crippen molar-refractivity contribution in [2.45, 2.75) is 53.9 Å². The van der Waals surface area contributed by atoms with Gasteiger partial charge in [-0.1, -0.05) is 57.4 Å². The number of hydrogen-bond acceptors (Lipinski definition) is 4. The monoisotopic (exact) mass is 349 g/mol. The summed E-state index contributed by atoms with van der Waals surface area (Å²) in [4.78, 5) is 11.7. The quantitative estimate of drug-likeness (QED) is 0.590. The van der Waals surface area contributed by atoms with Gasteiger partial charge >= 0.3 is 10.5 Å². The van der Waals surface area contributed by atoms with Crippen LogP contribution in [-0.2, 0) is 10.5 Å². The Morgan fingerprint density at radius 2 is 1.78 bits per heavy atom. The molecule has 1 N–H and O–H groups in total. The van der Waals surface area contributed by atoms with Crippen molar-refractivity contribution in [1.82, 2.24) is 5.32 Å². The summed E-state index contributed by atoms with van der Waals surface area (Å²) in [6.45, 7) is 10.6. The predicted octanol–water partition coefficient (Wildman–Crippen LogP) is 4.25. The van der Waals surface area contributed by atoms with Gasteiger partial charge in [-0.05, 0) is 24.6 Å². The summed E-state index contributed by atoms with van der Waals surface area (Å²) in [5.74, 6) is -0.582. The van der Waals surface area contributed by atoms with E-state index in [0.717, 1.165) is 19.3 Å². The fourth-order valence-electron chi connectivity index (χ4n) is 1.48. The highest BCUT2D eigenvalue weighted by atomic mass is 32.3. The third-order valence-corrected chi connectivity index (χ3v) is 2.75. The van der Waals surface area contributed by atoms with Gasteiger partial charge in [0.25, 0.3) is 5.91 Å². The molecule has 0 saturated heterocycles. The Bertz CT molecular complexity index is 533. The minimum absolute atomic E-state index is 0.220. The molecule has 0 atom stereocenters. The van der Waals surface area contributed by atoms with Gasteiger partial charge in [0.1, 0.15) is 5.75 Å². The number of carbonyl (C=O) groups is 1. The summed E-state index contributed by atoms with van der Waals surface area (Å²) < 4.78 is 37.1. The molecule has 0 aliphatic carbocycles. The van der Waals surface area contributed by atoms with Gasteiger partial charge < -0.3 is 9.50 Å². The summed E-state index contributed by atoms with van der Waals surface area (Å²) in [5, 5.41) is 2.69. The highest BCUT2D eigenvalue weighted by molar-refractivity contribution is 7.81. The van der Waals surface area contributed by atoms with E-state index in [0.29, 0.717) is 6.54 Å². The molecule has 1 rings (SSSR count). The van der Waals surface area contributed by atoms with Gasteiger partial charge in [0.05, 0.1) is 0 Å². The zero-order valence-corrected chi connectivity index (χ0v) is 15.4. The van der Waals surface area contributed by atoms with Gasteiger partial charge in [0.15, 0.2) is 0 Å². The van der Waals surface area contributed by atoms with Crippen LogP contribution in [0.25, 0.3) is 0 Å². The molecule has 0 radical (unpaired) electrons. The summed E-state index contributed by atoms with van der Waals surface area (Å²) in [6, 6.07) is 5.34. The predicted molar refractivity (Wildman–Crippen MR) is 91.7 cm³/mol. The van der Waals surface area contributed by atoms with Crippen LogP contribution in [0.3, 0.4) is 0 Å². The van der Waals surface area contributed by atoms with Crippen molar-refractivity contribution < 1.29 is 21.3 Å². The molecule has 0 saturated carbocycles. The van der Waals surface area contributed by atoms with Crippen molar-refractivity contribution >= 4 is 16.4 Å². The lowest BCUT2D eigenvalue weighted by molar-refractivity contribution is 0.0952. The van der Waals surface area contributed by atoms with Gasteiger partial charge in [-0.3, -0.25) is 4.79 Å². The first-order valence-corrected chi connectivity index (χ1v) is 9.25. The maximum absolute atomic E-state index is 12.3. The Morgan fingerprint density at radius 1 is 1.17 bits per heavy atom. The third kappa shape index (κ3) is 12.6. The number of carbonyl (C=O) groups excluding carboxylic acids is 1. The van der Waals surface area contributed by atoms with Crippen molar-refractivity contribution in [3.63, 3.8) is 0 Å². The molecule has 5 nitrogen and oxygen atoms in total. The largest absolute Gasteiger partial charge is 0.488 e. The first-order chi connectivity index (χ1) is 10.9. The van der Waals surface area contributed by atoms with Crippen LogP contribution in [0.15, 0.2) is 24.3 Å². The molecule has 1 aromatic carbocycles. The highest BCUT2D eigenvalue weighted by Crippen LogP contribution is 2.16. The van der Waals surface area contributed by atoms with E-state index in [4.69, 9.17) is 0 Å². The van der Waals surface area contributed by atoms with Crippen LogP contribution in [0.2, 0.25) is 0 Å². The van der Waals surface area contributed by atoms with Crippen LogP contribution < -0.4 is 9.50 Å². The molecular weight excluding hydrogens is 321 g/mol. The van der Waals surface area contributed by atoms with Crippen LogP contribution in [0.1, 0.15) is 64.2 Å². The number of halogens is 1. The van der Waals surface area contributed by atoms with E-state index in [-0.39, 0.29) is 17.2 Å². The van der Waals surface area contributed by atoms with E-state index < -0.39 is 10.5 Å². The first-order valence-electron chi connectivity index (χ1n) is 7.94. The van der Waals surface area contributed by atoms with Crippen molar-refractivity contribution in [3.05, 3.63) is 29.8 Å². The average molecular weight is 349 g/mol. The molecule has 1 amide bonds. The van der Waals surface area contributed by atoms with E-state index >= 15 is 0 Å². The number of hydrogen-bond donors (Lipinski definition) is 1. The maximum Gasteiger partial charge on any atom is 0.488 e. The lowest BCUT2D eigenvalue weighted by Crippen LogP contribution is -2.24. The Balaban J connectivity index is 0. The molecule has 0 heterocycles. The van der Waals surface area contributed by atoms with Gasteiger partial charge in [0, 0.05) is 12.1 Å². The molecule has 0 bridgehead atoms. The smallest absolute Gasteiger partial charge is 0.358 e. The molecule has 0 unspecified atom stereocenters. The van der Waals surface area contributed by atoms with Crippen molar-refractivity contribution in [3.8, 4) is 5.75 Å². The second kappa shape index (κ2) is 14.0. The van der Waals surface area contributed by atoms with E-state index in [1.54, 1.807) is 0 Å². The number of benzene rings is 1. The Hall–Kier alpha value is -1.63. The molecule has 23 heavy (non-hydrogen) atoms. The standard InChI is InChI=1S/C12H16FNO4S.2C2H6/c1-2-3-4-8-14-12(15)10-6-5-7-11(9-10)18-19(13,16)17;2*1-2/h5-7,9H,2-4,8H2,1H3,(H,14,15);2*1-2H3. The third-order valence-electron chi connectivity index (χ3n) is 2.36. The first kappa shape index (κ1) is 23.6. The SMILES string of the molecule is CC.CC.CCCCCNC(=O)c1cccc(OS(=O)(=O)F)c1. The molecule has 0 aliphatic rings. The highest BCUT2D eigenvalue weighted by Gasteiger charge is 2.12. The lowest BCUT2D eigenvalue weighted by Gasteiger charge is -2.06. The van der Waals surface area contributed by atoms with Crippen LogP contribution in [0.4, 0.5) is 3.89 Å². The average Bonchev–Trinajstić information content (AvgIpc) is 2.54. The summed E-state index contributed by atoms with van der Waals surface area (Å²) in [5.41, 5.74) is 0.220. The molecule has 134 valence electrons. The Morgan fingerprint density at radius 3 is 2.30 bits per heavy atom.